The van der Waals surface area contributed by atoms with Crippen LogP contribution in [0, 0.1) is 0 Å². The molecule has 0 amide bonds. The second-order valence-electron chi connectivity index (χ2n) is 3.41. The quantitative estimate of drug-likeness (QED) is 0.602. The van der Waals surface area contributed by atoms with E-state index in [0.29, 0.717) is 23.7 Å². The normalized spacial score (nSPS) is 11.0. The average molecular weight is 258 g/mol. The smallest absolute Gasteiger partial charge is 0.329 e. The van der Waals surface area contributed by atoms with Crippen LogP contribution in [-0.2, 0) is 10.7 Å². The Hall–Kier alpha value is -1.29. The lowest BCUT2D eigenvalue weighted by molar-refractivity contribution is 0.326. The van der Waals surface area contributed by atoms with Gasteiger partial charge < -0.3 is 19.3 Å². The van der Waals surface area contributed by atoms with Gasteiger partial charge in [0.05, 0.1) is 13.3 Å². The number of benzene rings is 1. The van der Waals surface area contributed by atoms with Crippen molar-refractivity contribution in [2.24, 2.45) is 0 Å². The molecule has 0 bridgehead atoms. The van der Waals surface area contributed by atoms with Crippen LogP contribution in [0.15, 0.2) is 30.9 Å². The van der Waals surface area contributed by atoms with Crippen molar-refractivity contribution in [3.8, 4) is 11.5 Å². The van der Waals surface area contributed by atoms with Gasteiger partial charge >= 0.3 is 7.60 Å². The molecule has 0 saturated heterocycles. The van der Waals surface area contributed by atoms with Gasteiger partial charge in [-0.1, -0.05) is 18.7 Å². The Morgan fingerprint density at radius 1 is 1.41 bits per heavy atom. The van der Waals surface area contributed by atoms with E-state index in [1.54, 1.807) is 24.3 Å². The first-order valence-corrected chi connectivity index (χ1v) is 6.71. The summed E-state index contributed by atoms with van der Waals surface area (Å²) in [4.78, 5) is 17.7. The first-order chi connectivity index (χ1) is 7.96. The summed E-state index contributed by atoms with van der Waals surface area (Å²) in [5.74, 6) is 0.958. The van der Waals surface area contributed by atoms with Gasteiger partial charge in [0.1, 0.15) is 6.61 Å². The van der Waals surface area contributed by atoms with E-state index in [-0.39, 0.29) is 6.16 Å². The van der Waals surface area contributed by atoms with Gasteiger partial charge in [0, 0.05) is 0 Å². The minimum absolute atomic E-state index is 0.314. The SMILES string of the molecule is C=CCOc1ccc(CP(=O)(O)O)cc1OC. The van der Waals surface area contributed by atoms with Crippen LogP contribution in [0.25, 0.3) is 0 Å². The van der Waals surface area contributed by atoms with Gasteiger partial charge in [0.15, 0.2) is 11.5 Å². The van der Waals surface area contributed by atoms with E-state index < -0.39 is 7.60 Å². The van der Waals surface area contributed by atoms with E-state index in [1.165, 1.54) is 7.11 Å². The van der Waals surface area contributed by atoms with Gasteiger partial charge in [-0.25, -0.2) is 0 Å². The zero-order chi connectivity index (χ0) is 12.9. The maximum absolute atomic E-state index is 10.9. The van der Waals surface area contributed by atoms with E-state index in [1.807, 2.05) is 0 Å². The Morgan fingerprint density at radius 3 is 2.65 bits per heavy atom. The van der Waals surface area contributed by atoms with E-state index in [4.69, 9.17) is 19.3 Å². The molecular weight excluding hydrogens is 243 g/mol. The Kier molecular flexibility index (Phi) is 4.75. The first-order valence-electron chi connectivity index (χ1n) is 4.91. The van der Waals surface area contributed by atoms with Crippen LogP contribution in [0.2, 0.25) is 0 Å². The summed E-state index contributed by atoms with van der Waals surface area (Å²) in [6.07, 6.45) is 1.29. The number of rotatable bonds is 6. The standard InChI is InChI=1S/C11H15O5P/c1-3-6-16-10-5-4-9(7-11(10)15-2)8-17(12,13)14/h3-5,7H,1,6,8H2,2H3,(H2,12,13,14). The van der Waals surface area contributed by atoms with Crippen molar-refractivity contribution in [1.29, 1.82) is 0 Å². The molecule has 1 rings (SSSR count). The van der Waals surface area contributed by atoms with Crippen LogP contribution in [0.4, 0.5) is 0 Å². The second kappa shape index (κ2) is 5.87. The Balaban J connectivity index is 2.91. The lowest BCUT2D eigenvalue weighted by atomic mass is 10.2. The summed E-state index contributed by atoms with van der Waals surface area (Å²) < 4.78 is 21.3. The highest BCUT2D eigenvalue weighted by Crippen LogP contribution is 2.40. The molecule has 0 aromatic heterocycles. The van der Waals surface area contributed by atoms with Crippen LogP contribution >= 0.6 is 7.60 Å². The average Bonchev–Trinajstić information content (AvgIpc) is 2.25. The summed E-state index contributed by atoms with van der Waals surface area (Å²) in [7, 11) is -2.60. The van der Waals surface area contributed by atoms with Crippen LogP contribution < -0.4 is 9.47 Å². The zero-order valence-electron chi connectivity index (χ0n) is 9.50. The fourth-order valence-electron chi connectivity index (χ4n) is 1.32. The molecule has 2 N–H and O–H groups in total. The minimum Gasteiger partial charge on any atom is -0.493 e. The third-order valence-corrected chi connectivity index (χ3v) is 2.75. The Bertz CT molecular complexity index is 437. The molecule has 0 aliphatic heterocycles. The maximum Gasteiger partial charge on any atom is 0.329 e. The summed E-state index contributed by atoms with van der Waals surface area (Å²) >= 11 is 0. The third kappa shape index (κ3) is 4.61. The largest absolute Gasteiger partial charge is 0.493 e. The van der Waals surface area contributed by atoms with Crippen molar-refractivity contribution in [3.63, 3.8) is 0 Å². The molecule has 0 unspecified atom stereocenters. The maximum atomic E-state index is 10.9. The fraction of sp³-hybridized carbons (Fsp3) is 0.273. The number of hydrogen-bond acceptors (Lipinski definition) is 3. The number of methoxy groups -OCH3 is 1. The molecule has 0 spiro atoms. The zero-order valence-corrected chi connectivity index (χ0v) is 10.4. The number of hydrogen-bond donors (Lipinski definition) is 2. The van der Waals surface area contributed by atoms with Crippen LogP contribution in [0.1, 0.15) is 5.56 Å². The number of ether oxygens (including phenoxy) is 2. The van der Waals surface area contributed by atoms with E-state index >= 15 is 0 Å². The van der Waals surface area contributed by atoms with Crippen molar-refractivity contribution in [3.05, 3.63) is 36.4 Å². The van der Waals surface area contributed by atoms with Crippen LogP contribution in [0.3, 0.4) is 0 Å². The molecule has 17 heavy (non-hydrogen) atoms. The summed E-state index contributed by atoms with van der Waals surface area (Å²) in [5, 5.41) is 0. The van der Waals surface area contributed by atoms with E-state index in [0.717, 1.165) is 0 Å². The molecule has 0 heterocycles. The predicted molar refractivity (Wildman–Crippen MR) is 64.4 cm³/mol. The Labute approximate surface area is 99.8 Å². The summed E-state index contributed by atoms with van der Waals surface area (Å²) in [6.45, 7) is 3.87. The highest BCUT2D eigenvalue weighted by atomic mass is 31.2. The highest BCUT2D eigenvalue weighted by molar-refractivity contribution is 7.50. The topological polar surface area (TPSA) is 76.0 Å². The molecule has 0 aliphatic rings. The molecule has 0 fully saturated rings. The fourth-order valence-corrected chi connectivity index (χ4v) is 1.99. The summed E-state index contributed by atoms with van der Waals surface area (Å²) in [6, 6.07) is 4.77. The van der Waals surface area contributed by atoms with Gasteiger partial charge in [-0.3, -0.25) is 4.57 Å². The molecule has 0 saturated carbocycles. The van der Waals surface area contributed by atoms with Gasteiger partial charge in [-0.2, -0.15) is 0 Å². The van der Waals surface area contributed by atoms with Gasteiger partial charge in [-0.15, -0.1) is 0 Å². The molecular formula is C11H15O5P. The van der Waals surface area contributed by atoms with E-state index in [9.17, 15) is 4.57 Å². The van der Waals surface area contributed by atoms with Gasteiger partial charge in [-0.05, 0) is 17.7 Å². The van der Waals surface area contributed by atoms with Crippen molar-refractivity contribution in [2.75, 3.05) is 13.7 Å². The molecule has 94 valence electrons. The third-order valence-electron chi connectivity index (χ3n) is 1.97. The monoisotopic (exact) mass is 258 g/mol. The lowest BCUT2D eigenvalue weighted by Crippen LogP contribution is -1.97. The molecule has 1 aromatic rings. The van der Waals surface area contributed by atoms with Crippen LogP contribution in [0.5, 0.6) is 11.5 Å². The minimum atomic E-state index is -4.07. The van der Waals surface area contributed by atoms with Crippen molar-refractivity contribution >= 4 is 7.60 Å². The van der Waals surface area contributed by atoms with Crippen LogP contribution in [-0.4, -0.2) is 23.5 Å². The van der Waals surface area contributed by atoms with Crippen molar-refractivity contribution in [2.45, 2.75) is 6.16 Å². The van der Waals surface area contributed by atoms with Gasteiger partial charge in [0.2, 0.25) is 0 Å². The van der Waals surface area contributed by atoms with Crippen molar-refractivity contribution < 1.29 is 23.8 Å². The molecule has 0 radical (unpaired) electrons. The summed E-state index contributed by atoms with van der Waals surface area (Å²) in [5.41, 5.74) is 0.501. The molecule has 1 aromatic carbocycles. The molecule has 5 nitrogen and oxygen atoms in total. The lowest BCUT2D eigenvalue weighted by Gasteiger charge is -2.11. The van der Waals surface area contributed by atoms with Gasteiger partial charge in [0.25, 0.3) is 0 Å². The first kappa shape index (κ1) is 13.8. The molecule has 0 atom stereocenters. The molecule has 0 aliphatic carbocycles. The Morgan fingerprint density at radius 2 is 2.12 bits per heavy atom. The highest BCUT2D eigenvalue weighted by Gasteiger charge is 2.15. The predicted octanol–water partition coefficient (Wildman–Crippen LogP) is 1.94. The van der Waals surface area contributed by atoms with Crippen molar-refractivity contribution in [1.82, 2.24) is 0 Å². The second-order valence-corrected chi connectivity index (χ2v) is 5.05. The molecule has 6 heteroatoms. The van der Waals surface area contributed by atoms with E-state index in [2.05, 4.69) is 6.58 Å².